The van der Waals surface area contributed by atoms with Crippen LogP contribution in [0.15, 0.2) is 24.3 Å². The summed E-state index contributed by atoms with van der Waals surface area (Å²) in [4.78, 5) is 0. The Balaban J connectivity index is 0.00000385. The first-order valence-electron chi connectivity index (χ1n) is 10.9. The van der Waals surface area contributed by atoms with Crippen LogP contribution in [0.4, 0.5) is 0 Å². The molecule has 0 aliphatic carbocycles. The number of quaternary nitrogens is 1. The molecule has 1 N–H and O–H groups in total. The molecule has 0 saturated heterocycles. The molecular formula is C25H36ClNO6. The van der Waals surface area contributed by atoms with Crippen LogP contribution >= 0.6 is 0 Å². The Bertz CT molecular complexity index is 912. The zero-order chi connectivity index (χ0) is 23.3. The van der Waals surface area contributed by atoms with Crippen molar-refractivity contribution >= 4 is 0 Å². The summed E-state index contributed by atoms with van der Waals surface area (Å²) in [6.07, 6.45) is 2.48. The minimum atomic E-state index is 0. The fourth-order valence-electron chi connectivity index (χ4n) is 4.84. The molecule has 7 nitrogen and oxygen atoms in total. The highest BCUT2D eigenvalue weighted by atomic mass is 35.5. The predicted octanol–water partition coefficient (Wildman–Crippen LogP) is 0.403. The van der Waals surface area contributed by atoms with E-state index >= 15 is 0 Å². The molecule has 1 heterocycles. The number of aliphatic hydroxyl groups is 1. The SMILES string of the molecule is COc1cc2c(cc1OC)[C@@H](Cc1cc(OC)c(OC)c(OC)c1)[N+](C)(CCCO)CC2.[Cl-]. The lowest BCUT2D eigenvalue weighted by molar-refractivity contribution is -0.941. The Morgan fingerprint density at radius 1 is 0.848 bits per heavy atom. The third-order valence-corrected chi connectivity index (χ3v) is 6.63. The van der Waals surface area contributed by atoms with Crippen molar-refractivity contribution in [3.63, 3.8) is 0 Å². The van der Waals surface area contributed by atoms with Gasteiger partial charge in [-0.25, -0.2) is 0 Å². The highest BCUT2D eigenvalue weighted by Gasteiger charge is 2.39. The van der Waals surface area contributed by atoms with E-state index in [-0.39, 0.29) is 25.1 Å². The van der Waals surface area contributed by atoms with Gasteiger partial charge in [0.1, 0.15) is 6.04 Å². The maximum atomic E-state index is 9.53. The quantitative estimate of drug-likeness (QED) is 0.496. The van der Waals surface area contributed by atoms with Gasteiger partial charge < -0.3 is 45.7 Å². The first-order chi connectivity index (χ1) is 15.4. The molecule has 2 aromatic rings. The van der Waals surface area contributed by atoms with Crippen LogP contribution in [0.5, 0.6) is 28.7 Å². The maximum Gasteiger partial charge on any atom is 0.203 e. The van der Waals surface area contributed by atoms with Gasteiger partial charge in [-0.2, -0.15) is 0 Å². The average Bonchev–Trinajstić information content (AvgIpc) is 2.83. The molecule has 0 spiro atoms. The molecule has 0 bridgehead atoms. The Labute approximate surface area is 203 Å². The zero-order valence-corrected chi connectivity index (χ0v) is 21.2. The van der Waals surface area contributed by atoms with Gasteiger partial charge >= 0.3 is 0 Å². The summed E-state index contributed by atoms with van der Waals surface area (Å²) >= 11 is 0. The van der Waals surface area contributed by atoms with Gasteiger partial charge in [0.05, 0.1) is 55.7 Å². The van der Waals surface area contributed by atoms with Crippen molar-refractivity contribution in [3.05, 3.63) is 41.0 Å². The standard InChI is InChI=1S/C25H36NO6.ClH/c1-26(9-7-11-27)10-8-18-15-21(28-2)22(29-3)16-19(18)20(26)12-17-13-23(30-4)25(32-6)24(14-17)31-5;/h13-16,20,27H,7-12H2,1-6H3;1H/q+1;/p-1/t20-,26?;/m1./s1. The molecule has 2 aromatic carbocycles. The number of methoxy groups -OCH3 is 5. The van der Waals surface area contributed by atoms with Gasteiger partial charge in [-0.15, -0.1) is 0 Å². The van der Waals surface area contributed by atoms with Gasteiger partial charge in [0, 0.05) is 31.4 Å². The number of ether oxygens (including phenoxy) is 5. The lowest BCUT2D eigenvalue weighted by Gasteiger charge is -2.46. The highest BCUT2D eigenvalue weighted by Crippen LogP contribution is 2.44. The predicted molar refractivity (Wildman–Crippen MR) is 123 cm³/mol. The van der Waals surface area contributed by atoms with Gasteiger partial charge in [-0.3, -0.25) is 0 Å². The molecule has 3 rings (SSSR count). The van der Waals surface area contributed by atoms with E-state index in [1.165, 1.54) is 11.1 Å². The van der Waals surface area contributed by atoms with Crippen LogP contribution in [-0.2, 0) is 12.8 Å². The summed E-state index contributed by atoms with van der Waals surface area (Å²) in [7, 11) is 10.5. The van der Waals surface area contributed by atoms with Crippen molar-refractivity contribution in [2.45, 2.75) is 25.3 Å². The van der Waals surface area contributed by atoms with Crippen LogP contribution in [-0.4, -0.2) is 71.9 Å². The van der Waals surface area contributed by atoms with Crippen LogP contribution in [0.3, 0.4) is 0 Å². The van der Waals surface area contributed by atoms with Gasteiger partial charge in [-0.1, -0.05) is 0 Å². The number of hydrogen-bond acceptors (Lipinski definition) is 6. The fourth-order valence-corrected chi connectivity index (χ4v) is 4.84. The van der Waals surface area contributed by atoms with Gasteiger partial charge in [0.15, 0.2) is 23.0 Å². The van der Waals surface area contributed by atoms with E-state index in [4.69, 9.17) is 23.7 Å². The minimum Gasteiger partial charge on any atom is -1.00 e. The number of aliphatic hydroxyl groups excluding tert-OH is 1. The Morgan fingerprint density at radius 3 is 1.94 bits per heavy atom. The molecular weight excluding hydrogens is 446 g/mol. The van der Waals surface area contributed by atoms with Crippen molar-refractivity contribution in [2.75, 3.05) is 62.3 Å². The van der Waals surface area contributed by atoms with Crippen LogP contribution in [0, 0.1) is 0 Å². The summed E-state index contributed by atoms with van der Waals surface area (Å²) in [6.45, 7) is 2.06. The number of fused-ring (bicyclic) bond motifs is 1. The second-order valence-corrected chi connectivity index (χ2v) is 8.41. The third-order valence-electron chi connectivity index (χ3n) is 6.63. The number of rotatable bonds is 10. The van der Waals surface area contributed by atoms with Gasteiger partial charge in [-0.05, 0) is 35.4 Å². The monoisotopic (exact) mass is 481 g/mol. The minimum absolute atomic E-state index is 0. The van der Waals surface area contributed by atoms with E-state index in [9.17, 15) is 5.11 Å². The number of hydrogen-bond donors (Lipinski definition) is 1. The van der Waals surface area contributed by atoms with E-state index < -0.39 is 0 Å². The molecule has 1 unspecified atom stereocenters. The molecule has 2 atom stereocenters. The fraction of sp³-hybridized carbons (Fsp3) is 0.520. The van der Waals surface area contributed by atoms with E-state index in [1.807, 2.05) is 12.1 Å². The van der Waals surface area contributed by atoms with Crippen LogP contribution in [0.25, 0.3) is 0 Å². The van der Waals surface area contributed by atoms with Gasteiger partial charge in [0.2, 0.25) is 5.75 Å². The molecule has 0 amide bonds. The number of halogens is 1. The first kappa shape index (κ1) is 26.9. The van der Waals surface area contributed by atoms with Crippen molar-refractivity contribution in [1.29, 1.82) is 0 Å². The Hall–Kier alpha value is -2.35. The lowest BCUT2D eigenvalue weighted by Crippen LogP contribution is -3.00. The smallest absolute Gasteiger partial charge is 0.203 e. The summed E-state index contributed by atoms with van der Waals surface area (Å²) in [5, 5.41) is 9.53. The molecule has 1 aliphatic heterocycles. The van der Waals surface area contributed by atoms with E-state index in [1.54, 1.807) is 35.5 Å². The summed E-state index contributed by atoms with van der Waals surface area (Å²) < 4.78 is 28.7. The Morgan fingerprint density at radius 2 is 1.42 bits per heavy atom. The van der Waals surface area contributed by atoms with Crippen molar-refractivity contribution in [1.82, 2.24) is 0 Å². The highest BCUT2D eigenvalue weighted by molar-refractivity contribution is 5.54. The number of nitrogens with zero attached hydrogens (tertiary/aromatic N) is 1. The van der Waals surface area contributed by atoms with Crippen LogP contribution in [0.2, 0.25) is 0 Å². The van der Waals surface area contributed by atoms with E-state index in [0.717, 1.165) is 53.9 Å². The second kappa shape index (κ2) is 11.7. The summed E-state index contributed by atoms with van der Waals surface area (Å²) in [5.41, 5.74) is 3.63. The lowest BCUT2D eigenvalue weighted by atomic mass is 9.86. The van der Waals surface area contributed by atoms with Crippen LogP contribution in [0.1, 0.15) is 29.2 Å². The van der Waals surface area contributed by atoms with Crippen molar-refractivity contribution in [3.8, 4) is 28.7 Å². The summed E-state index contributed by atoms with van der Waals surface area (Å²) in [5.74, 6) is 3.37. The first-order valence-corrected chi connectivity index (χ1v) is 10.9. The molecule has 184 valence electrons. The largest absolute Gasteiger partial charge is 1.00 e. The molecule has 1 aliphatic rings. The topological polar surface area (TPSA) is 66.4 Å². The third kappa shape index (κ3) is 5.42. The molecule has 0 saturated carbocycles. The number of likely N-dealkylation sites (N-methyl/N-ethyl adjacent to an activating group) is 1. The van der Waals surface area contributed by atoms with E-state index in [2.05, 4.69) is 19.2 Å². The normalized spacial score (nSPS) is 19.2. The van der Waals surface area contributed by atoms with E-state index in [0.29, 0.717) is 17.2 Å². The zero-order valence-electron chi connectivity index (χ0n) is 20.4. The number of benzene rings is 2. The summed E-state index contributed by atoms with van der Waals surface area (Å²) in [6, 6.07) is 8.43. The van der Waals surface area contributed by atoms with Crippen molar-refractivity contribution < 1.29 is 45.7 Å². The molecule has 0 radical (unpaired) electrons. The molecule has 0 aromatic heterocycles. The van der Waals surface area contributed by atoms with Crippen LogP contribution < -0.4 is 36.1 Å². The Kier molecular flexibility index (Phi) is 9.52. The average molecular weight is 482 g/mol. The molecule has 33 heavy (non-hydrogen) atoms. The van der Waals surface area contributed by atoms with Crippen molar-refractivity contribution in [2.24, 2.45) is 0 Å². The second-order valence-electron chi connectivity index (χ2n) is 8.41. The molecule has 0 fully saturated rings. The molecule has 8 heteroatoms. The maximum absolute atomic E-state index is 9.53. The van der Waals surface area contributed by atoms with Gasteiger partial charge in [0.25, 0.3) is 0 Å².